The second kappa shape index (κ2) is 9.54. The van der Waals surface area contributed by atoms with Crippen LogP contribution in [0.4, 0.5) is 5.69 Å². The molecule has 8 heteroatoms. The number of benzene rings is 1. The van der Waals surface area contributed by atoms with Crippen molar-refractivity contribution in [2.75, 3.05) is 44.2 Å². The van der Waals surface area contributed by atoms with Gasteiger partial charge in [0.25, 0.3) is 5.91 Å². The number of thioether (sulfide) groups is 1. The first-order valence-electron chi connectivity index (χ1n) is 9.52. The number of nitrogens with zero attached hydrogens (tertiary/aromatic N) is 3. The molecule has 2 heterocycles. The number of carbonyl (C=O) groups excluding carboxylic acids is 1. The van der Waals surface area contributed by atoms with Crippen LogP contribution in [0.2, 0.25) is 0 Å². The number of amides is 1. The molecule has 2 aliphatic rings. The van der Waals surface area contributed by atoms with Crippen molar-refractivity contribution in [1.29, 1.82) is 0 Å². The Balaban J connectivity index is 1.61. The van der Waals surface area contributed by atoms with Crippen molar-refractivity contribution < 1.29 is 14.7 Å². The molecule has 0 radical (unpaired) electrons. The number of carboxylic acids is 1. The van der Waals surface area contributed by atoms with Gasteiger partial charge in [0.1, 0.15) is 10.9 Å². The van der Waals surface area contributed by atoms with Crippen molar-refractivity contribution in [3.63, 3.8) is 0 Å². The maximum absolute atomic E-state index is 12.3. The van der Waals surface area contributed by atoms with Gasteiger partial charge in [-0.05, 0) is 36.7 Å². The Labute approximate surface area is 175 Å². The number of carboxylic acid groups (broad SMARTS) is 1. The molecule has 28 heavy (non-hydrogen) atoms. The average Bonchev–Trinajstić information content (AvgIpc) is 2.94. The van der Waals surface area contributed by atoms with Gasteiger partial charge in [-0.1, -0.05) is 49.5 Å². The molecule has 0 aliphatic carbocycles. The van der Waals surface area contributed by atoms with Crippen LogP contribution in [0.1, 0.15) is 25.3 Å². The third kappa shape index (κ3) is 5.12. The molecular weight excluding hydrogens is 394 g/mol. The van der Waals surface area contributed by atoms with Crippen molar-refractivity contribution >= 4 is 51.9 Å². The van der Waals surface area contributed by atoms with Gasteiger partial charge in [0, 0.05) is 31.9 Å². The van der Waals surface area contributed by atoms with Gasteiger partial charge in [-0.25, -0.2) is 0 Å². The van der Waals surface area contributed by atoms with E-state index in [4.69, 9.17) is 17.3 Å². The molecule has 150 valence electrons. The van der Waals surface area contributed by atoms with Crippen LogP contribution in [-0.4, -0.2) is 70.4 Å². The van der Waals surface area contributed by atoms with Crippen LogP contribution in [0.3, 0.4) is 0 Å². The van der Waals surface area contributed by atoms with E-state index in [9.17, 15) is 9.59 Å². The molecule has 2 saturated heterocycles. The Morgan fingerprint density at radius 3 is 2.50 bits per heavy atom. The van der Waals surface area contributed by atoms with Gasteiger partial charge in [-0.3, -0.25) is 19.4 Å². The third-order valence-electron chi connectivity index (χ3n) is 4.92. The van der Waals surface area contributed by atoms with Crippen LogP contribution in [0, 0.1) is 0 Å². The lowest BCUT2D eigenvalue weighted by atomic mass is 10.1. The number of carbonyl (C=O) groups is 2. The number of hydrogen-bond donors (Lipinski definition) is 1. The number of aliphatic carboxylic acids is 1. The molecule has 2 fully saturated rings. The van der Waals surface area contributed by atoms with Crippen LogP contribution in [-0.2, 0) is 9.59 Å². The Morgan fingerprint density at radius 2 is 1.89 bits per heavy atom. The van der Waals surface area contributed by atoms with E-state index in [1.54, 1.807) is 6.08 Å². The highest BCUT2D eigenvalue weighted by Crippen LogP contribution is 2.32. The molecule has 0 atom stereocenters. The molecule has 1 amide bonds. The molecule has 0 aromatic heterocycles. The SMILES string of the molecule is CCCCN1CCN(c2ccc(C=C3SC(=S)N(CC(=O)O)C3=O)cc2)CC1. The van der Waals surface area contributed by atoms with Crippen molar-refractivity contribution in [1.82, 2.24) is 9.80 Å². The Morgan fingerprint density at radius 1 is 1.21 bits per heavy atom. The number of rotatable bonds is 7. The zero-order valence-corrected chi connectivity index (χ0v) is 17.6. The minimum absolute atomic E-state index is 0.288. The number of anilines is 1. The maximum Gasteiger partial charge on any atom is 0.323 e. The molecule has 6 nitrogen and oxygen atoms in total. The minimum atomic E-state index is -1.07. The van der Waals surface area contributed by atoms with Crippen LogP contribution in [0.25, 0.3) is 6.08 Å². The number of thiocarbonyl (C=S) groups is 1. The molecule has 1 aromatic rings. The summed E-state index contributed by atoms with van der Waals surface area (Å²) in [5.74, 6) is -1.42. The van der Waals surface area contributed by atoms with Crippen molar-refractivity contribution in [2.45, 2.75) is 19.8 Å². The Kier molecular flexibility index (Phi) is 7.09. The summed E-state index contributed by atoms with van der Waals surface area (Å²) in [6.07, 6.45) is 4.26. The molecule has 0 saturated carbocycles. The van der Waals surface area contributed by atoms with Gasteiger partial charge in [-0.2, -0.15) is 0 Å². The lowest BCUT2D eigenvalue weighted by Gasteiger charge is -2.36. The van der Waals surface area contributed by atoms with E-state index >= 15 is 0 Å². The van der Waals surface area contributed by atoms with Gasteiger partial charge < -0.3 is 10.0 Å². The number of piperazine rings is 1. The molecule has 0 bridgehead atoms. The van der Waals surface area contributed by atoms with Gasteiger partial charge in [-0.15, -0.1) is 0 Å². The largest absolute Gasteiger partial charge is 0.480 e. The third-order valence-corrected chi connectivity index (χ3v) is 6.30. The van der Waals surface area contributed by atoms with Gasteiger partial charge in [0.2, 0.25) is 0 Å². The van der Waals surface area contributed by atoms with E-state index in [2.05, 4.69) is 28.9 Å². The summed E-state index contributed by atoms with van der Waals surface area (Å²) < 4.78 is 0.288. The smallest absolute Gasteiger partial charge is 0.323 e. The summed E-state index contributed by atoms with van der Waals surface area (Å²) in [5.41, 5.74) is 2.09. The summed E-state index contributed by atoms with van der Waals surface area (Å²) in [7, 11) is 0. The molecule has 1 N–H and O–H groups in total. The number of hydrogen-bond acceptors (Lipinski definition) is 6. The van der Waals surface area contributed by atoms with E-state index in [0.717, 1.165) is 48.4 Å². The highest BCUT2D eigenvalue weighted by Gasteiger charge is 2.33. The van der Waals surface area contributed by atoms with E-state index in [1.165, 1.54) is 25.1 Å². The summed E-state index contributed by atoms with van der Waals surface area (Å²) in [6, 6.07) is 8.13. The van der Waals surface area contributed by atoms with Gasteiger partial charge in [0.15, 0.2) is 0 Å². The molecule has 3 rings (SSSR count). The highest BCUT2D eigenvalue weighted by molar-refractivity contribution is 8.26. The van der Waals surface area contributed by atoms with Crippen molar-refractivity contribution in [2.24, 2.45) is 0 Å². The molecule has 0 spiro atoms. The van der Waals surface area contributed by atoms with Crippen LogP contribution < -0.4 is 4.90 Å². The maximum atomic E-state index is 12.3. The Bertz CT molecular complexity index is 771. The zero-order chi connectivity index (χ0) is 20.1. The van der Waals surface area contributed by atoms with E-state index in [1.807, 2.05) is 12.1 Å². The molecule has 2 aliphatic heterocycles. The fourth-order valence-corrected chi connectivity index (χ4v) is 4.57. The van der Waals surface area contributed by atoms with E-state index in [0.29, 0.717) is 4.91 Å². The van der Waals surface area contributed by atoms with Gasteiger partial charge in [0.05, 0.1) is 4.91 Å². The summed E-state index contributed by atoms with van der Waals surface area (Å²) in [5, 5.41) is 8.91. The van der Waals surface area contributed by atoms with Crippen LogP contribution in [0.5, 0.6) is 0 Å². The first-order chi connectivity index (χ1) is 13.5. The van der Waals surface area contributed by atoms with Gasteiger partial charge >= 0.3 is 5.97 Å². The monoisotopic (exact) mass is 419 g/mol. The summed E-state index contributed by atoms with van der Waals surface area (Å²) in [6.45, 7) is 7.24. The van der Waals surface area contributed by atoms with E-state index < -0.39 is 12.5 Å². The fourth-order valence-electron chi connectivity index (χ4n) is 3.32. The van der Waals surface area contributed by atoms with Crippen LogP contribution >= 0.6 is 24.0 Å². The Hall–Kier alpha value is -1.90. The van der Waals surface area contributed by atoms with Crippen molar-refractivity contribution in [3.8, 4) is 0 Å². The zero-order valence-electron chi connectivity index (χ0n) is 16.0. The van der Waals surface area contributed by atoms with Crippen LogP contribution in [0.15, 0.2) is 29.2 Å². The van der Waals surface area contributed by atoms with E-state index in [-0.39, 0.29) is 10.2 Å². The summed E-state index contributed by atoms with van der Waals surface area (Å²) >= 11 is 6.27. The lowest BCUT2D eigenvalue weighted by Crippen LogP contribution is -2.46. The molecule has 0 unspecified atom stereocenters. The average molecular weight is 420 g/mol. The summed E-state index contributed by atoms with van der Waals surface area (Å²) in [4.78, 5) is 29.7. The fraction of sp³-hybridized carbons (Fsp3) is 0.450. The lowest BCUT2D eigenvalue weighted by molar-refractivity contribution is -0.140. The highest BCUT2D eigenvalue weighted by atomic mass is 32.2. The predicted octanol–water partition coefficient (Wildman–Crippen LogP) is 2.89. The predicted molar refractivity (Wildman–Crippen MR) is 118 cm³/mol. The molecular formula is C20H25N3O3S2. The second-order valence-corrected chi connectivity index (χ2v) is 8.61. The van der Waals surface area contributed by atoms with Crippen molar-refractivity contribution in [3.05, 3.63) is 34.7 Å². The molecule has 1 aromatic carbocycles. The first kappa shape index (κ1) is 20.8. The quantitative estimate of drug-likeness (QED) is 0.538. The topological polar surface area (TPSA) is 64.1 Å². The first-order valence-corrected chi connectivity index (χ1v) is 10.7. The second-order valence-electron chi connectivity index (χ2n) is 6.94. The number of unbranched alkanes of at least 4 members (excludes halogenated alkanes) is 1. The normalized spacial score (nSPS) is 19.7. The minimum Gasteiger partial charge on any atom is -0.480 e. The standard InChI is InChI=1S/C20H25N3O3S2/c1-2-3-8-21-9-11-22(12-10-21)16-6-4-15(5-7-16)13-17-19(26)23(14-18(24)25)20(27)28-17/h4-7,13H,2-3,8-12,14H2,1H3,(H,24,25).